The number of thiophene rings is 1. The molecule has 104 valence electrons. The number of amides is 1. The van der Waals surface area contributed by atoms with Crippen LogP contribution in [-0.4, -0.2) is 5.91 Å². The highest BCUT2D eigenvalue weighted by Crippen LogP contribution is 2.47. The summed E-state index contributed by atoms with van der Waals surface area (Å²) in [7, 11) is 0. The number of rotatable bonds is 5. The van der Waals surface area contributed by atoms with Gasteiger partial charge < -0.3 is 9.73 Å². The van der Waals surface area contributed by atoms with Gasteiger partial charge in [0.1, 0.15) is 11.5 Å². The Morgan fingerprint density at radius 2 is 2.35 bits per heavy atom. The van der Waals surface area contributed by atoms with E-state index in [1.807, 2.05) is 29.6 Å². The molecular formula is C16H17NO2S. The molecule has 0 spiro atoms. The van der Waals surface area contributed by atoms with Gasteiger partial charge in [0.15, 0.2) is 0 Å². The molecule has 2 atom stereocenters. The fraction of sp³-hybridized carbons (Fsp3) is 0.312. The molecule has 4 heteroatoms. The molecule has 0 unspecified atom stereocenters. The van der Waals surface area contributed by atoms with Crippen molar-refractivity contribution in [1.29, 1.82) is 0 Å². The van der Waals surface area contributed by atoms with Crippen LogP contribution in [0.2, 0.25) is 0 Å². The van der Waals surface area contributed by atoms with Crippen LogP contribution in [0.5, 0.6) is 0 Å². The second-order valence-corrected chi connectivity index (χ2v) is 6.22. The predicted molar refractivity (Wildman–Crippen MR) is 80.4 cm³/mol. The zero-order valence-corrected chi connectivity index (χ0v) is 12.2. The lowest BCUT2D eigenvalue weighted by Gasteiger charge is -1.98. The van der Waals surface area contributed by atoms with Crippen molar-refractivity contribution in [3.8, 4) is 0 Å². The quantitative estimate of drug-likeness (QED) is 0.850. The fourth-order valence-electron chi connectivity index (χ4n) is 2.18. The van der Waals surface area contributed by atoms with Crippen molar-refractivity contribution >= 4 is 23.3 Å². The molecule has 0 bridgehead atoms. The van der Waals surface area contributed by atoms with Gasteiger partial charge in [-0.1, -0.05) is 13.0 Å². The maximum atomic E-state index is 11.7. The average Bonchev–Trinajstić information content (AvgIpc) is 2.92. The number of nitrogens with one attached hydrogen (secondary N) is 1. The summed E-state index contributed by atoms with van der Waals surface area (Å²) in [5.74, 6) is 2.98. The molecule has 1 aliphatic carbocycles. The van der Waals surface area contributed by atoms with Crippen LogP contribution < -0.4 is 5.32 Å². The molecule has 20 heavy (non-hydrogen) atoms. The number of furan rings is 1. The van der Waals surface area contributed by atoms with E-state index < -0.39 is 0 Å². The number of carbonyl (C=O) groups excluding carboxylic acids is 1. The molecule has 2 aromatic heterocycles. The van der Waals surface area contributed by atoms with E-state index in [9.17, 15) is 4.79 Å². The SMILES string of the molecule is C[C@@H]1C[C@H]1c1ccc(/C=C/C(=O)NCc2cccs2)o1. The molecule has 2 aromatic rings. The normalized spacial score (nSPS) is 21.2. The summed E-state index contributed by atoms with van der Waals surface area (Å²) in [6.07, 6.45) is 4.45. The first-order valence-electron chi connectivity index (χ1n) is 6.80. The van der Waals surface area contributed by atoms with E-state index in [-0.39, 0.29) is 5.91 Å². The minimum absolute atomic E-state index is 0.101. The molecule has 0 aliphatic heterocycles. The van der Waals surface area contributed by atoms with Crippen molar-refractivity contribution in [3.63, 3.8) is 0 Å². The van der Waals surface area contributed by atoms with Gasteiger partial charge in [0, 0.05) is 16.9 Å². The van der Waals surface area contributed by atoms with Crippen LogP contribution in [-0.2, 0) is 11.3 Å². The van der Waals surface area contributed by atoms with Crippen molar-refractivity contribution in [3.05, 3.63) is 52.1 Å². The van der Waals surface area contributed by atoms with Gasteiger partial charge in [0.05, 0.1) is 6.54 Å². The smallest absolute Gasteiger partial charge is 0.244 e. The molecule has 3 rings (SSSR count). The Hall–Kier alpha value is -1.81. The third kappa shape index (κ3) is 3.20. The van der Waals surface area contributed by atoms with Crippen molar-refractivity contribution in [1.82, 2.24) is 5.32 Å². The van der Waals surface area contributed by atoms with E-state index in [4.69, 9.17) is 4.42 Å². The third-order valence-electron chi connectivity index (χ3n) is 3.54. The summed E-state index contributed by atoms with van der Waals surface area (Å²) in [5, 5.41) is 4.85. The lowest BCUT2D eigenvalue weighted by Crippen LogP contribution is -2.19. The van der Waals surface area contributed by atoms with Crippen LogP contribution in [0.25, 0.3) is 6.08 Å². The van der Waals surface area contributed by atoms with E-state index in [2.05, 4.69) is 12.2 Å². The molecular weight excluding hydrogens is 270 g/mol. The van der Waals surface area contributed by atoms with E-state index in [1.165, 1.54) is 12.5 Å². The summed E-state index contributed by atoms with van der Waals surface area (Å²) in [6.45, 7) is 2.80. The van der Waals surface area contributed by atoms with Crippen molar-refractivity contribution in [2.24, 2.45) is 5.92 Å². The zero-order valence-electron chi connectivity index (χ0n) is 11.3. The van der Waals surface area contributed by atoms with Crippen LogP contribution in [0.1, 0.15) is 35.7 Å². The van der Waals surface area contributed by atoms with Gasteiger partial charge in [-0.2, -0.15) is 0 Å². The van der Waals surface area contributed by atoms with Gasteiger partial charge in [-0.15, -0.1) is 11.3 Å². The molecule has 3 nitrogen and oxygen atoms in total. The molecule has 1 amide bonds. The van der Waals surface area contributed by atoms with Crippen molar-refractivity contribution in [2.45, 2.75) is 25.8 Å². The monoisotopic (exact) mass is 287 g/mol. The van der Waals surface area contributed by atoms with Gasteiger partial charge in [-0.25, -0.2) is 0 Å². The summed E-state index contributed by atoms with van der Waals surface area (Å²) in [4.78, 5) is 12.8. The number of hydrogen-bond donors (Lipinski definition) is 1. The summed E-state index contributed by atoms with van der Waals surface area (Å²) < 4.78 is 5.71. The molecule has 1 N–H and O–H groups in total. The Morgan fingerprint density at radius 3 is 3.05 bits per heavy atom. The third-order valence-corrected chi connectivity index (χ3v) is 4.41. The minimum Gasteiger partial charge on any atom is -0.461 e. The molecule has 1 saturated carbocycles. The van der Waals surface area contributed by atoms with E-state index >= 15 is 0 Å². The Morgan fingerprint density at radius 1 is 1.50 bits per heavy atom. The van der Waals surface area contributed by atoms with E-state index in [0.29, 0.717) is 12.5 Å². The second kappa shape index (κ2) is 5.67. The first kappa shape index (κ1) is 13.2. The van der Waals surface area contributed by atoms with Crippen LogP contribution in [0.3, 0.4) is 0 Å². The lowest BCUT2D eigenvalue weighted by atomic mass is 10.3. The topological polar surface area (TPSA) is 42.2 Å². The molecule has 0 saturated heterocycles. The first-order valence-corrected chi connectivity index (χ1v) is 7.68. The second-order valence-electron chi connectivity index (χ2n) is 5.19. The van der Waals surface area contributed by atoms with Gasteiger partial charge in [0.2, 0.25) is 5.91 Å². The molecule has 0 aromatic carbocycles. The van der Waals surface area contributed by atoms with Gasteiger partial charge >= 0.3 is 0 Å². The van der Waals surface area contributed by atoms with Crippen molar-refractivity contribution in [2.75, 3.05) is 0 Å². The Balaban J connectivity index is 1.51. The van der Waals surface area contributed by atoms with Crippen LogP contribution in [0.4, 0.5) is 0 Å². The Kier molecular flexibility index (Phi) is 3.74. The van der Waals surface area contributed by atoms with Crippen molar-refractivity contribution < 1.29 is 9.21 Å². The average molecular weight is 287 g/mol. The number of carbonyl (C=O) groups is 1. The summed E-state index contributed by atoms with van der Waals surface area (Å²) in [5.41, 5.74) is 0. The van der Waals surface area contributed by atoms with Crippen LogP contribution in [0.15, 0.2) is 40.1 Å². The van der Waals surface area contributed by atoms with Gasteiger partial charge in [-0.05, 0) is 42.0 Å². The maximum Gasteiger partial charge on any atom is 0.244 e. The maximum absolute atomic E-state index is 11.7. The first-order chi connectivity index (χ1) is 9.72. The van der Waals surface area contributed by atoms with E-state index in [0.717, 1.165) is 22.3 Å². The van der Waals surface area contributed by atoms with Crippen LogP contribution >= 0.6 is 11.3 Å². The fourth-order valence-corrected chi connectivity index (χ4v) is 2.82. The van der Waals surface area contributed by atoms with Gasteiger partial charge in [-0.3, -0.25) is 4.79 Å². The molecule has 2 heterocycles. The summed E-state index contributed by atoms with van der Waals surface area (Å²) in [6, 6.07) is 7.91. The Bertz CT molecular complexity index is 612. The molecule has 1 aliphatic rings. The zero-order chi connectivity index (χ0) is 13.9. The van der Waals surface area contributed by atoms with Gasteiger partial charge in [0.25, 0.3) is 0 Å². The Labute approximate surface area is 122 Å². The lowest BCUT2D eigenvalue weighted by molar-refractivity contribution is -0.116. The van der Waals surface area contributed by atoms with E-state index in [1.54, 1.807) is 17.4 Å². The highest BCUT2D eigenvalue weighted by molar-refractivity contribution is 7.09. The molecule has 1 fully saturated rings. The largest absolute Gasteiger partial charge is 0.461 e. The number of hydrogen-bond acceptors (Lipinski definition) is 3. The highest BCUT2D eigenvalue weighted by atomic mass is 32.1. The summed E-state index contributed by atoms with van der Waals surface area (Å²) >= 11 is 1.64. The highest BCUT2D eigenvalue weighted by Gasteiger charge is 2.36. The minimum atomic E-state index is -0.101. The van der Waals surface area contributed by atoms with Crippen LogP contribution in [0, 0.1) is 5.92 Å². The predicted octanol–water partition coefficient (Wildman–Crippen LogP) is 3.79. The standard InChI is InChI=1S/C16H17NO2S/c1-11-9-14(11)15-6-4-12(19-15)5-7-16(18)17-10-13-3-2-8-20-13/h2-8,11,14H,9-10H2,1H3,(H,17,18)/b7-5+/t11-,14-/m1/s1. The molecule has 0 radical (unpaired) electrons.